The Morgan fingerprint density at radius 2 is 2.30 bits per heavy atom. The molecule has 2 N–H and O–H groups in total. The second-order valence-corrected chi connectivity index (χ2v) is 5.17. The normalized spacial score (nSPS) is 16.3. The molecule has 0 aliphatic carbocycles. The third-order valence-electron chi connectivity index (χ3n) is 3.27. The first-order chi connectivity index (χ1) is 9.58. The van der Waals surface area contributed by atoms with E-state index in [0.29, 0.717) is 30.1 Å². The Morgan fingerprint density at radius 1 is 1.50 bits per heavy atom. The van der Waals surface area contributed by atoms with Crippen LogP contribution in [-0.2, 0) is 9.59 Å². The van der Waals surface area contributed by atoms with E-state index in [4.69, 9.17) is 11.6 Å². The van der Waals surface area contributed by atoms with Gasteiger partial charge in [0.15, 0.2) is 6.10 Å². The first kappa shape index (κ1) is 14.8. The van der Waals surface area contributed by atoms with Crippen LogP contribution in [-0.4, -0.2) is 41.5 Å². The number of nitrogens with zero attached hydrogens (tertiary/aromatic N) is 1. The molecule has 1 aromatic carbocycles. The second-order valence-electron chi connectivity index (χ2n) is 4.73. The molecule has 1 aliphatic heterocycles. The smallest absolute Gasteiger partial charge is 0.253 e. The number of carbonyl (C=O) groups excluding carboxylic acids is 2. The summed E-state index contributed by atoms with van der Waals surface area (Å²) < 4.78 is 0. The summed E-state index contributed by atoms with van der Waals surface area (Å²) in [4.78, 5) is 24.9. The minimum absolute atomic E-state index is 0.120. The van der Waals surface area contributed by atoms with Crippen molar-refractivity contribution in [3.05, 3.63) is 34.9 Å². The average molecular weight is 297 g/mol. The fraction of sp³-hybridized carbons (Fsp3) is 0.429. The van der Waals surface area contributed by atoms with Gasteiger partial charge in [-0.2, -0.15) is 0 Å². The van der Waals surface area contributed by atoms with Crippen molar-refractivity contribution in [1.29, 1.82) is 0 Å². The number of hydrogen-bond donors (Lipinski definition) is 2. The number of rotatable bonds is 5. The Kier molecular flexibility index (Phi) is 4.98. The minimum Gasteiger partial charge on any atom is -0.378 e. The molecule has 0 bridgehead atoms. The molecule has 2 amide bonds. The van der Waals surface area contributed by atoms with Crippen LogP contribution in [0, 0.1) is 0 Å². The van der Waals surface area contributed by atoms with E-state index in [-0.39, 0.29) is 5.91 Å². The molecule has 2 rings (SSSR count). The van der Waals surface area contributed by atoms with Crippen LogP contribution in [0.1, 0.15) is 24.5 Å². The van der Waals surface area contributed by atoms with Gasteiger partial charge in [-0.1, -0.05) is 23.7 Å². The van der Waals surface area contributed by atoms with Gasteiger partial charge in [-0.05, 0) is 24.1 Å². The van der Waals surface area contributed by atoms with Gasteiger partial charge < -0.3 is 15.3 Å². The molecule has 0 unspecified atom stereocenters. The Hall–Kier alpha value is -1.59. The van der Waals surface area contributed by atoms with Gasteiger partial charge in [-0.25, -0.2) is 0 Å². The van der Waals surface area contributed by atoms with E-state index < -0.39 is 12.0 Å². The lowest BCUT2D eigenvalue weighted by molar-refractivity contribution is -0.131. The van der Waals surface area contributed by atoms with Crippen molar-refractivity contribution in [2.24, 2.45) is 0 Å². The first-order valence-electron chi connectivity index (χ1n) is 6.57. The van der Waals surface area contributed by atoms with Crippen LogP contribution in [0.3, 0.4) is 0 Å². The highest BCUT2D eigenvalue weighted by Gasteiger charge is 2.21. The van der Waals surface area contributed by atoms with Crippen molar-refractivity contribution < 1.29 is 14.7 Å². The van der Waals surface area contributed by atoms with Crippen molar-refractivity contribution >= 4 is 23.4 Å². The molecule has 1 saturated heterocycles. The van der Waals surface area contributed by atoms with Crippen LogP contribution in [0.2, 0.25) is 5.02 Å². The molecule has 1 aromatic rings. The van der Waals surface area contributed by atoms with Crippen LogP contribution < -0.4 is 5.32 Å². The zero-order valence-electron chi connectivity index (χ0n) is 11.0. The monoisotopic (exact) mass is 296 g/mol. The molecule has 5 nitrogen and oxygen atoms in total. The lowest BCUT2D eigenvalue weighted by Gasteiger charge is -2.17. The number of halogens is 1. The van der Waals surface area contributed by atoms with Gasteiger partial charge in [0.05, 0.1) is 0 Å². The number of likely N-dealkylation sites (tertiary alicyclic amines) is 1. The molecule has 1 fully saturated rings. The fourth-order valence-electron chi connectivity index (χ4n) is 2.18. The summed E-state index contributed by atoms with van der Waals surface area (Å²) in [6.45, 7) is 1.56. The number of amides is 2. The maximum Gasteiger partial charge on any atom is 0.253 e. The summed E-state index contributed by atoms with van der Waals surface area (Å²) >= 11 is 5.81. The Balaban J connectivity index is 1.81. The summed E-state index contributed by atoms with van der Waals surface area (Å²) in [5, 5.41) is 13.0. The van der Waals surface area contributed by atoms with Gasteiger partial charge in [0, 0.05) is 31.1 Å². The maximum absolute atomic E-state index is 11.8. The van der Waals surface area contributed by atoms with Gasteiger partial charge in [-0.3, -0.25) is 9.59 Å². The third-order valence-corrected chi connectivity index (χ3v) is 3.50. The van der Waals surface area contributed by atoms with E-state index in [1.54, 1.807) is 29.2 Å². The average Bonchev–Trinajstić information content (AvgIpc) is 2.83. The van der Waals surface area contributed by atoms with Crippen molar-refractivity contribution in [1.82, 2.24) is 10.2 Å². The first-order valence-corrected chi connectivity index (χ1v) is 6.95. The largest absolute Gasteiger partial charge is 0.378 e. The highest BCUT2D eigenvalue weighted by Crippen LogP contribution is 2.17. The Bertz CT molecular complexity index is 507. The molecule has 6 heteroatoms. The number of hydrogen-bond acceptors (Lipinski definition) is 3. The summed E-state index contributed by atoms with van der Waals surface area (Å²) in [6.07, 6.45) is 0.208. The van der Waals surface area contributed by atoms with E-state index in [0.717, 1.165) is 13.0 Å². The van der Waals surface area contributed by atoms with Crippen LogP contribution in [0.15, 0.2) is 24.3 Å². The zero-order valence-corrected chi connectivity index (χ0v) is 11.8. The highest BCUT2D eigenvalue weighted by molar-refractivity contribution is 6.30. The molecule has 1 aliphatic rings. The number of nitrogens with one attached hydrogen (secondary N) is 1. The lowest BCUT2D eigenvalue weighted by atomic mass is 10.1. The summed E-state index contributed by atoms with van der Waals surface area (Å²) in [5.74, 6) is -0.367. The van der Waals surface area contributed by atoms with Crippen molar-refractivity contribution in [2.45, 2.75) is 18.9 Å². The molecule has 0 saturated carbocycles. The van der Waals surface area contributed by atoms with E-state index >= 15 is 0 Å². The van der Waals surface area contributed by atoms with Gasteiger partial charge in [0.2, 0.25) is 5.91 Å². The van der Waals surface area contributed by atoms with E-state index in [9.17, 15) is 14.7 Å². The van der Waals surface area contributed by atoms with E-state index in [2.05, 4.69) is 5.32 Å². The predicted octanol–water partition coefficient (Wildman–Crippen LogP) is 1.11. The summed E-state index contributed by atoms with van der Waals surface area (Å²) in [7, 11) is 0. The van der Waals surface area contributed by atoms with Gasteiger partial charge in [0.1, 0.15) is 0 Å². The van der Waals surface area contributed by atoms with E-state index in [1.807, 2.05) is 0 Å². The Labute approximate surface area is 122 Å². The number of aliphatic hydroxyl groups excluding tert-OH is 1. The lowest BCUT2D eigenvalue weighted by Crippen LogP contribution is -2.37. The summed E-state index contributed by atoms with van der Waals surface area (Å²) in [5.41, 5.74) is 0.451. The number of carbonyl (C=O) groups is 2. The zero-order chi connectivity index (χ0) is 14.5. The maximum atomic E-state index is 11.8. The van der Waals surface area contributed by atoms with Crippen molar-refractivity contribution in [3.8, 4) is 0 Å². The molecular weight excluding hydrogens is 280 g/mol. The van der Waals surface area contributed by atoms with Crippen LogP contribution in [0.25, 0.3) is 0 Å². The molecular formula is C14H17ClN2O3. The molecule has 1 heterocycles. The van der Waals surface area contributed by atoms with Gasteiger partial charge in [0.25, 0.3) is 5.91 Å². The molecule has 0 spiro atoms. The van der Waals surface area contributed by atoms with E-state index in [1.165, 1.54) is 0 Å². The van der Waals surface area contributed by atoms with Crippen LogP contribution in [0.4, 0.5) is 0 Å². The second kappa shape index (κ2) is 6.72. The molecule has 20 heavy (non-hydrogen) atoms. The van der Waals surface area contributed by atoms with Crippen molar-refractivity contribution in [3.63, 3.8) is 0 Å². The molecule has 0 aromatic heterocycles. The summed E-state index contributed by atoms with van der Waals surface area (Å²) in [6, 6.07) is 6.54. The number of aliphatic hydroxyl groups is 1. The fourth-order valence-corrected chi connectivity index (χ4v) is 2.38. The van der Waals surface area contributed by atoms with Crippen LogP contribution >= 0.6 is 11.6 Å². The van der Waals surface area contributed by atoms with Crippen molar-refractivity contribution in [2.75, 3.05) is 19.6 Å². The minimum atomic E-state index is -1.25. The van der Waals surface area contributed by atoms with Gasteiger partial charge >= 0.3 is 0 Å². The highest BCUT2D eigenvalue weighted by atomic mass is 35.5. The van der Waals surface area contributed by atoms with Gasteiger partial charge in [-0.15, -0.1) is 0 Å². The molecule has 0 radical (unpaired) electrons. The van der Waals surface area contributed by atoms with Crippen LogP contribution in [0.5, 0.6) is 0 Å². The Morgan fingerprint density at radius 3 is 2.95 bits per heavy atom. The molecule has 1 atom stereocenters. The molecule has 108 valence electrons. The quantitative estimate of drug-likeness (QED) is 0.855. The SMILES string of the molecule is O=C(NCCN1CCCC1=O)[C@H](O)c1cccc(Cl)c1. The predicted molar refractivity (Wildman–Crippen MR) is 75.2 cm³/mol. The number of benzene rings is 1. The topological polar surface area (TPSA) is 69.6 Å². The standard InChI is InChI=1S/C14H17ClN2O3/c15-11-4-1-3-10(9-11)13(19)14(20)16-6-8-17-7-2-5-12(17)18/h1,3-4,9,13,19H,2,5-8H2,(H,16,20)/t13-/m1/s1. The third kappa shape index (κ3) is 3.71.